The van der Waals surface area contributed by atoms with Gasteiger partial charge in [-0.3, -0.25) is 0 Å². The highest BCUT2D eigenvalue weighted by Crippen LogP contribution is 2.67. The van der Waals surface area contributed by atoms with Crippen LogP contribution < -0.4 is 11.1 Å². The molecule has 3 N–H and O–H groups in total. The van der Waals surface area contributed by atoms with E-state index in [-0.39, 0.29) is 5.84 Å². The van der Waals surface area contributed by atoms with Crippen molar-refractivity contribution in [3.8, 4) is 12.1 Å². The summed E-state index contributed by atoms with van der Waals surface area (Å²) in [6, 6.07) is 13.8. The molecule has 0 aromatic heterocycles. The van der Waals surface area contributed by atoms with E-state index < -0.39 is 22.8 Å². The molecule has 0 bridgehead atoms. The molecule has 7 nitrogen and oxygen atoms in total. The molecule has 3 aliphatic rings. The number of rotatable bonds is 3. The number of nitrogens with one attached hydrogen (secondary N) is 1. The van der Waals surface area contributed by atoms with E-state index in [2.05, 4.69) is 22.4 Å². The fourth-order valence-electron chi connectivity index (χ4n) is 5.06. The molecule has 0 fully saturated rings. The van der Waals surface area contributed by atoms with E-state index in [9.17, 15) is 10.5 Å². The number of aliphatic imine (C=N–C) groups is 1. The Balaban J connectivity index is 2.10. The first-order valence-electron chi connectivity index (χ1n) is 8.89. The summed E-state index contributed by atoms with van der Waals surface area (Å²) in [6.45, 7) is 0. The number of hydrogen-bond donors (Lipinski definition) is 2. The van der Waals surface area contributed by atoms with Gasteiger partial charge in [-0.05, 0) is 30.4 Å². The Morgan fingerprint density at radius 3 is 2.44 bits per heavy atom. The van der Waals surface area contributed by atoms with Crippen molar-refractivity contribution in [3.63, 3.8) is 0 Å². The van der Waals surface area contributed by atoms with Crippen molar-refractivity contribution in [1.82, 2.24) is 5.32 Å². The molecule has 0 saturated heterocycles. The van der Waals surface area contributed by atoms with Crippen molar-refractivity contribution < 1.29 is 9.47 Å². The van der Waals surface area contributed by atoms with Gasteiger partial charge in [-0.2, -0.15) is 10.5 Å². The van der Waals surface area contributed by atoms with Crippen LogP contribution >= 0.6 is 0 Å². The minimum Gasteiger partial charge on any atom is -0.386 e. The molecule has 1 aromatic carbocycles. The Labute approximate surface area is 158 Å². The maximum atomic E-state index is 10.5. The van der Waals surface area contributed by atoms with E-state index in [0.29, 0.717) is 6.42 Å². The Hall–Kier alpha value is -2.87. The smallest absolute Gasteiger partial charge is 0.296 e. The van der Waals surface area contributed by atoms with Gasteiger partial charge in [0.15, 0.2) is 10.8 Å². The van der Waals surface area contributed by atoms with Gasteiger partial charge in [0.2, 0.25) is 0 Å². The van der Waals surface area contributed by atoms with Crippen LogP contribution in [-0.4, -0.2) is 26.0 Å². The zero-order valence-electron chi connectivity index (χ0n) is 15.3. The summed E-state index contributed by atoms with van der Waals surface area (Å²) < 4.78 is 11.4. The van der Waals surface area contributed by atoms with E-state index in [4.69, 9.17) is 15.2 Å². The van der Waals surface area contributed by atoms with Crippen LogP contribution in [0.15, 0.2) is 46.6 Å². The summed E-state index contributed by atoms with van der Waals surface area (Å²) in [5, 5.41) is 24.5. The van der Waals surface area contributed by atoms with Gasteiger partial charge in [0.05, 0.1) is 18.2 Å². The zero-order valence-corrected chi connectivity index (χ0v) is 15.3. The predicted octanol–water partition coefficient (Wildman–Crippen LogP) is 2.11. The number of amidine groups is 1. The molecule has 0 spiro atoms. The van der Waals surface area contributed by atoms with Crippen LogP contribution in [0.2, 0.25) is 0 Å². The number of nitrogens with two attached hydrogens (primary N) is 1. The number of ether oxygens (including phenoxy) is 2. The van der Waals surface area contributed by atoms with Crippen molar-refractivity contribution in [3.05, 3.63) is 47.2 Å². The molecule has 2 heterocycles. The number of allylic oxidation sites excluding steroid dienone is 1. The molecule has 138 valence electrons. The second kappa shape index (κ2) is 5.82. The van der Waals surface area contributed by atoms with Crippen molar-refractivity contribution in [2.75, 3.05) is 14.2 Å². The van der Waals surface area contributed by atoms with Gasteiger partial charge in [0, 0.05) is 19.9 Å². The third-order valence-electron chi connectivity index (χ3n) is 6.19. The van der Waals surface area contributed by atoms with E-state index >= 15 is 0 Å². The maximum Gasteiger partial charge on any atom is 0.296 e. The highest BCUT2D eigenvalue weighted by Gasteiger charge is 2.79. The van der Waals surface area contributed by atoms with Gasteiger partial charge in [0.25, 0.3) is 5.91 Å². The number of fused-ring (bicyclic) bond motifs is 2. The maximum absolute atomic E-state index is 10.5. The summed E-state index contributed by atoms with van der Waals surface area (Å²) in [5.74, 6) is -1.61. The normalized spacial score (nSPS) is 33.3. The number of methoxy groups -OCH3 is 2. The highest BCUT2D eigenvalue weighted by atomic mass is 16.7. The van der Waals surface area contributed by atoms with Gasteiger partial charge in [-0.1, -0.05) is 30.3 Å². The summed E-state index contributed by atoms with van der Waals surface area (Å²) in [5.41, 5.74) is 6.08. The molecule has 27 heavy (non-hydrogen) atoms. The van der Waals surface area contributed by atoms with Gasteiger partial charge in [0.1, 0.15) is 5.84 Å². The Morgan fingerprint density at radius 2 is 1.85 bits per heavy atom. The molecule has 0 amide bonds. The van der Waals surface area contributed by atoms with E-state index in [0.717, 1.165) is 29.7 Å². The Kier molecular flexibility index (Phi) is 3.78. The third-order valence-corrected chi connectivity index (χ3v) is 6.19. The van der Waals surface area contributed by atoms with E-state index in [1.807, 2.05) is 30.3 Å². The first-order valence-corrected chi connectivity index (χ1v) is 8.89. The standard InChI is InChI=1S/C20H21N5O2/c1-26-20(27-2)19(12-22)14-9-6-10-15(14)24-16(13-7-4-3-5-8-13)18(19,11-21)17(23)25-20/h3-5,7-8,16,24H,6,9-10H2,1-2H3,(H2,23,25)/t16-,18+,19+/m0/s1. The van der Waals surface area contributed by atoms with E-state index in [1.165, 1.54) is 14.2 Å². The molecule has 2 aliphatic heterocycles. The minimum absolute atomic E-state index is 0.0510. The molecule has 7 heteroatoms. The first kappa shape index (κ1) is 17.5. The lowest BCUT2D eigenvalue weighted by atomic mass is 9.53. The summed E-state index contributed by atoms with van der Waals surface area (Å²) in [7, 11) is 2.86. The second-order valence-electron chi connectivity index (χ2n) is 7.07. The molecule has 1 aromatic rings. The Bertz CT molecular complexity index is 922. The van der Waals surface area contributed by atoms with Crippen LogP contribution in [0.25, 0.3) is 0 Å². The minimum atomic E-state index is -1.67. The number of nitriles is 2. The molecular weight excluding hydrogens is 342 g/mol. The third kappa shape index (κ3) is 1.78. The molecule has 0 saturated carbocycles. The molecule has 4 rings (SSSR count). The lowest BCUT2D eigenvalue weighted by Gasteiger charge is -2.51. The monoisotopic (exact) mass is 363 g/mol. The van der Waals surface area contributed by atoms with Crippen LogP contribution in [0.3, 0.4) is 0 Å². The van der Waals surface area contributed by atoms with Crippen LogP contribution in [0, 0.1) is 33.5 Å². The second-order valence-corrected chi connectivity index (χ2v) is 7.07. The van der Waals surface area contributed by atoms with E-state index in [1.54, 1.807) is 0 Å². The molecule has 1 aliphatic carbocycles. The van der Waals surface area contributed by atoms with Crippen LogP contribution in [0.1, 0.15) is 30.9 Å². The van der Waals surface area contributed by atoms with Crippen molar-refractivity contribution in [1.29, 1.82) is 10.5 Å². The fraction of sp³-hybridized carbons (Fsp3) is 0.450. The van der Waals surface area contributed by atoms with Crippen molar-refractivity contribution in [2.45, 2.75) is 31.2 Å². The average Bonchev–Trinajstić information content (AvgIpc) is 3.27. The lowest BCUT2D eigenvalue weighted by Crippen LogP contribution is -2.63. The summed E-state index contributed by atoms with van der Waals surface area (Å²) in [4.78, 5) is 4.45. The van der Waals surface area contributed by atoms with Gasteiger partial charge >= 0.3 is 0 Å². The molecule has 0 unspecified atom stereocenters. The van der Waals surface area contributed by atoms with Crippen molar-refractivity contribution >= 4 is 5.84 Å². The quantitative estimate of drug-likeness (QED) is 0.795. The fourth-order valence-corrected chi connectivity index (χ4v) is 5.06. The highest BCUT2D eigenvalue weighted by molar-refractivity contribution is 5.96. The lowest BCUT2D eigenvalue weighted by molar-refractivity contribution is -0.253. The van der Waals surface area contributed by atoms with Gasteiger partial charge in [-0.25, -0.2) is 4.99 Å². The van der Waals surface area contributed by atoms with Crippen LogP contribution in [0.4, 0.5) is 0 Å². The summed E-state index contributed by atoms with van der Waals surface area (Å²) >= 11 is 0. The van der Waals surface area contributed by atoms with Crippen LogP contribution in [-0.2, 0) is 9.47 Å². The zero-order chi connectivity index (χ0) is 19.3. The van der Waals surface area contributed by atoms with Crippen LogP contribution in [0.5, 0.6) is 0 Å². The van der Waals surface area contributed by atoms with Crippen molar-refractivity contribution in [2.24, 2.45) is 21.6 Å². The predicted molar refractivity (Wildman–Crippen MR) is 97.7 cm³/mol. The number of benzene rings is 1. The molecule has 3 atom stereocenters. The summed E-state index contributed by atoms with van der Waals surface area (Å²) in [6.07, 6.45) is 2.35. The van der Waals surface area contributed by atoms with Gasteiger partial charge in [-0.15, -0.1) is 0 Å². The largest absolute Gasteiger partial charge is 0.386 e. The van der Waals surface area contributed by atoms with Gasteiger partial charge < -0.3 is 20.5 Å². The number of nitrogens with zero attached hydrogens (tertiary/aromatic N) is 3. The molecule has 0 radical (unpaired) electrons. The Morgan fingerprint density at radius 1 is 1.15 bits per heavy atom. The molecular formula is C20H21N5O2. The first-order chi connectivity index (χ1) is 13.1. The SMILES string of the molecule is COC1(OC)N=C(N)[C@@]2(C#N)[C@H](c3ccccc3)NC3=C(CCC3)[C@@]12C#N. The number of hydrogen-bond acceptors (Lipinski definition) is 7. The average molecular weight is 363 g/mol. The topological polar surface area (TPSA) is 116 Å².